The van der Waals surface area contributed by atoms with Gasteiger partial charge in [-0.2, -0.15) is 0 Å². The molecule has 2 aliphatic carbocycles. The van der Waals surface area contributed by atoms with Crippen LogP contribution >= 0.6 is 0 Å². The number of likely N-dealkylation sites (tertiary alicyclic amines) is 1. The minimum atomic E-state index is -0.440. The number of piperidine rings is 1. The summed E-state index contributed by atoms with van der Waals surface area (Å²) >= 11 is 0. The standard InChI is InChI=1S/C24H30N2O3/c1-17-3-5-19(6-4-17)24-13-20(24)14-26(16-24)22(28)21(27)25-15-23(9-2-10-23)18-7-11-29-12-8-18/h3-7,20H,2,8-16H2,1H3,(H,25,27)/t20-,24+/m0/s1. The van der Waals surface area contributed by atoms with E-state index < -0.39 is 5.91 Å². The number of carbonyl (C=O) groups excluding carboxylic acids is 2. The molecule has 154 valence electrons. The monoisotopic (exact) mass is 394 g/mol. The van der Waals surface area contributed by atoms with E-state index in [4.69, 9.17) is 4.74 Å². The molecule has 0 bridgehead atoms. The van der Waals surface area contributed by atoms with Crippen molar-refractivity contribution in [2.45, 2.75) is 44.4 Å². The summed E-state index contributed by atoms with van der Waals surface area (Å²) in [6.45, 7) is 5.46. The molecule has 5 nitrogen and oxygen atoms in total. The van der Waals surface area contributed by atoms with Crippen LogP contribution in [-0.2, 0) is 19.7 Å². The fourth-order valence-electron chi connectivity index (χ4n) is 5.66. The molecule has 1 N–H and O–H groups in total. The molecule has 2 aliphatic heterocycles. The van der Waals surface area contributed by atoms with Crippen LogP contribution in [0.4, 0.5) is 0 Å². The molecule has 2 saturated carbocycles. The van der Waals surface area contributed by atoms with E-state index in [0.717, 1.165) is 32.3 Å². The number of aryl methyl sites for hydroxylation is 1. The SMILES string of the molecule is Cc1ccc([C@]23C[C@H]2CN(C(=O)C(=O)NCC2(C4=CCOCC4)CCC2)C3)cc1. The van der Waals surface area contributed by atoms with Gasteiger partial charge in [-0.1, -0.05) is 47.9 Å². The maximum absolute atomic E-state index is 12.8. The van der Waals surface area contributed by atoms with Crippen LogP contribution in [0.3, 0.4) is 0 Å². The minimum Gasteiger partial charge on any atom is -0.377 e. The summed E-state index contributed by atoms with van der Waals surface area (Å²) in [4.78, 5) is 27.2. The molecule has 3 fully saturated rings. The van der Waals surface area contributed by atoms with Gasteiger partial charge in [0.1, 0.15) is 0 Å². The van der Waals surface area contributed by atoms with Crippen LogP contribution < -0.4 is 5.32 Å². The lowest BCUT2D eigenvalue weighted by atomic mass is 9.63. The molecule has 0 radical (unpaired) electrons. The number of nitrogens with zero attached hydrogens (tertiary/aromatic N) is 1. The summed E-state index contributed by atoms with van der Waals surface area (Å²) in [7, 11) is 0. The highest BCUT2D eigenvalue weighted by Gasteiger charge is 2.62. The number of rotatable bonds is 4. The maximum Gasteiger partial charge on any atom is 0.311 e. The Morgan fingerprint density at radius 3 is 2.69 bits per heavy atom. The summed E-state index contributed by atoms with van der Waals surface area (Å²) < 4.78 is 5.44. The average molecular weight is 395 g/mol. The van der Waals surface area contributed by atoms with Gasteiger partial charge in [0.05, 0.1) is 13.2 Å². The Hall–Kier alpha value is -2.14. The Bertz CT molecular complexity index is 855. The van der Waals surface area contributed by atoms with E-state index in [2.05, 4.69) is 42.6 Å². The molecule has 5 heteroatoms. The Labute approximate surface area is 172 Å². The molecule has 29 heavy (non-hydrogen) atoms. The fourth-order valence-corrected chi connectivity index (χ4v) is 5.66. The van der Waals surface area contributed by atoms with Crippen molar-refractivity contribution in [3.63, 3.8) is 0 Å². The number of hydrogen-bond donors (Lipinski definition) is 1. The molecular weight excluding hydrogens is 364 g/mol. The first kappa shape index (κ1) is 18.9. The smallest absolute Gasteiger partial charge is 0.311 e. The minimum absolute atomic E-state index is 0.0516. The number of fused-ring (bicyclic) bond motifs is 1. The number of carbonyl (C=O) groups is 2. The predicted molar refractivity (Wildman–Crippen MR) is 110 cm³/mol. The molecule has 4 aliphatic rings. The van der Waals surface area contributed by atoms with Crippen molar-refractivity contribution >= 4 is 11.8 Å². The largest absolute Gasteiger partial charge is 0.377 e. The lowest BCUT2D eigenvalue weighted by Gasteiger charge is -2.45. The third kappa shape index (κ3) is 3.20. The Kier molecular flexibility index (Phi) is 4.54. The normalized spacial score (nSPS) is 29.5. The van der Waals surface area contributed by atoms with Crippen LogP contribution in [0.15, 0.2) is 35.9 Å². The molecule has 0 aromatic heterocycles. The summed E-state index contributed by atoms with van der Waals surface area (Å²) in [6, 6.07) is 8.65. The van der Waals surface area contributed by atoms with E-state index in [-0.39, 0.29) is 16.7 Å². The van der Waals surface area contributed by atoms with Crippen molar-refractivity contribution in [3.8, 4) is 0 Å². The first-order valence-corrected chi connectivity index (χ1v) is 10.9. The summed E-state index contributed by atoms with van der Waals surface area (Å²) in [6.07, 6.45) is 7.62. The molecule has 5 rings (SSSR count). The topological polar surface area (TPSA) is 58.6 Å². The molecular formula is C24H30N2O3. The van der Waals surface area contributed by atoms with Crippen molar-refractivity contribution in [1.29, 1.82) is 0 Å². The van der Waals surface area contributed by atoms with Gasteiger partial charge >= 0.3 is 11.8 Å². The lowest BCUT2D eigenvalue weighted by Crippen LogP contribution is -2.49. The Balaban J connectivity index is 1.20. The molecule has 1 aromatic rings. The van der Waals surface area contributed by atoms with Crippen LogP contribution in [0.25, 0.3) is 0 Å². The molecule has 2 atom stereocenters. The van der Waals surface area contributed by atoms with E-state index >= 15 is 0 Å². The summed E-state index contributed by atoms with van der Waals surface area (Å²) in [5, 5.41) is 2.98. The van der Waals surface area contributed by atoms with Crippen LogP contribution in [0.2, 0.25) is 0 Å². The number of amides is 2. The van der Waals surface area contributed by atoms with Crippen molar-refractivity contribution < 1.29 is 14.3 Å². The fraction of sp³-hybridized carbons (Fsp3) is 0.583. The second kappa shape index (κ2) is 6.98. The third-order valence-electron chi connectivity index (χ3n) is 7.80. The number of benzene rings is 1. The maximum atomic E-state index is 12.8. The first-order chi connectivity index (χ1) is 14.0. The summed E-state index contributed by atoms with van der Waals surface area (Å²) in [5.74, 6) is -0.310. The Morgan fingerprint density at radius 2 is 2.03 bits per heavy atom. The van der Waals surface area contributed by atoms with Crippen LogP contribution in [0.1, 0.15) is 43.2 Å². The van der Waals surface area contributed by atoms with Gasteiger partial charge in [0.2, 0.25) is 0 Å². The first-order valence-electron chi connectivity index (χ1n) is 10.9. The van der Waals surface area contributed by atoms with E-state index in [1.165, 1.54) is 23.1 Å². The second-order valence-corrected chi connectivity index (χ2v) is 9.48. The molecule has 2 amide bonds. The van der Waals surface area contributed by atoms with Crippen LogP contribution in [-0.4, -0.2) is 49.6 Å². The molecule has 0 spiro atoms. The second-order valence-electron chi connectivity index (χ2n) is 9.48. The van der Waals surface area contributed by atoms with Crippen molar-refractivity contribution in [2.24, 2.45) is 11.3 Å². The van der Waals surface area contributed by atoms with E-state index in [1.54, 1.807) is 4.90 Å². The zero-order chi connectivity index (χ0) is 20.1. The van der Waals surface area contributed by atoms with Gasteiger partial charge in [-0.05, 0) is 44.1 Å². The van der Waals surface area contributed by atoms with Crippen LogP contribution in [0.5, 0.6) is 0 Å². The number of hydrogen-bond acceptors (Lipinski definition) is 3. The molecule has 2 heterocycles. The van der Waals surface area contributed by atoms with E-state index in [1.807, 2.05) is 0 Å². The quantitative estimate of drug-likeness (QED) is 0.631. The Morgan fingerprint density at radius 1 is 1.24 bits per heavy atom. The van der Waals surface area contributed by atoms with Gasteiger partial charge in [0.15, 0.2) is 0 Å². The lowest BCUT2D eigenvalue weighted by molar-refractivity contribution is -0.145. The average Bonchev–Trinajstić information content (AvgIpc) is 3.28. The zero-order valence-corrected chi connectivity index (χ0v) is 17.2. The zero-order valence-electron chi connectivity index (χ0n) is 17.2. The van der Waals surface area contributed by atoms with Gasteiger partial charge in [-0.3, -0.25) is 9.59 Å². The molecule has 1 saturated heterocycles. The molecule has 0 unspecified atom stereocenters. The van der Waals surface area contributed by atoms with Gasteiger partial charge in [0, 0.05) is 30.5 Å². The van der Waals surface area contributed by atoms with Gasteiger partial charge in [-0.25, -0.2) is 0 Å². The van der Waals surface area contributed by atoms with Gasteiger partial charge < -0.3 is 15.0 Å². The van der Waals surface area contributed by atoms with E-state index in [0.29, 0.717) is 32.2 Å². The van der Waals surface area contributed by atoms with E-state index in [9.17, 15) is 9.59 Å². The van der Waals surface area contributed by atoms with Crippen molar-refractivity contribution in [2.75, 3.05) is 32.8 Å². The highest BCUT2D eigenvalue weighted by molar-refractivity contribution is 6.35. The predicted octanol–water partition coefficient (Wildman–Crippen LogP) is 2.73. The van der Waals surface area contributed by atoms with Crippen molar-refractivity contribution in [3.05, 3.63) is 47.0 Å². The highest BCUT2D eigenvalue weighted by Crippen LogP contribution is 2.59. The number of ether oxygens (including phenoxy) is 1. The van der Waals surface area contributed by atoms with Crippen molar-refractivity contribution in [1.82, 2.24) is 10.2 Å². The number of nitrogens with one attached hydrogen (secondary N) is 1. The summed E-state index contributed by atoms with van der Waals surface area (Å²) in [5.41, 5.74) is 4.09. The third-order valence-corrected chi connectivity index (χ3v) is 7.80. The highest BCUT2D eigenvalue weighted by atomic mass is 16.5. The molecule has 1 aromatic carbocycles. The van der Waals surface area contributed by atoms with Gasteiger partial charge in [-0.15, -0.1) is 0 Å². The van der Waals surface area contributed by atoms with Crippen LogP contribution in [0, 0.1) is 18.3 Å². The van der Waals surface area contributed by atoms with Gasteiger partial charge in [0.25, 0.3) is 0 Å².